The van der Waals surface area contributed by atoms with Gasteiger partial charge >= 0.3 is 0 Å². The van der Waals surface area contributed by atoms with E-state index in [2.05, 4.69) is 32.8 Å². The van der Waals surface area contributed by atoms with Crippen LogP contribution in [0.25, 0.3) is 10.9 Å². The van der Waals surface area contributed by atoms with Gasteiger partial charge in [-0.2, -0.15) is 0 Å². The summed E-state index contributed by atoms with van der Waals surface area (Å²) < 4.78 is 13.9. The molecule has 2 rings (SSSR count). The lowest BCUT2D eigenvalue weighted by molar-refractivity contribution is 0.635. The average Bonchev–Trinajstić information content (AvgIpc) is 2.20. The van der Waals surface area contributed by atoms with E-state index in [9.17, 15) is 4.39 Å². The zero-order valence-corrected chi connectivity index (χ0v) is 9.88. The van der Waals surface area contributed by atoms with Gasteiger partial charge in [0, 0.05) is 5.39 Å². The molecule has 0 amide bonds. The Hall–Kier alpha value is -1.03. The molecule has 0 aliphatic heterocycles. The topological polar surface area (TPSA) is 25.8 Å². The van der Waals surface area contributed by atoms with Crippen LogP contribution in [0.4, 0.5) is 4.39 Å². The van der Waals surface area contributed by atoms with Gasteiger partial charge in [0.05, 0.1) is 5.69 Å². The Morgan fingerprint density at radius 3 is 2.87 bits per heavy atom. The van der Waals surface area contributed by atoms with Crippen LogP contribution < -0.4 is 0 Å². The Morgan fingerprint density at radius 1 is 1.33 bits per heavy atom. The number of para-hydroxylation sites is 1. The SMILES string of the molecule is CCCc1nc(Br)nc2c(F)cccc12. The number of nitrogens with zero attached hydrogens (tertiary/aromatic N) is 2. The third kappa shape index (κ3) is 2.00. The molecule has 0 spiro atoms. The average molecular weight is 269 g/mol. The fraction of sp³-hybridized carbons (Fsp3) is 0.273. The summed E-state index contributed by atoms with van der Waals surface area (Å²) in [5.41, 5.74) is 1.29. The predicted molar refractivity (Wildman–Crippen MR) is 61.2 cm³/mol. The Labute approximate surface area is 95.7 Å². The van der Waals surface area contributed by atoms with Crippen molar-refractivity contribution in [1.82, 2.24) is 9.97 Å². The number of hydrogen-bond donors (Lipinski definition) is 0. The van der Waals surface area contributed by atoms with Crippen molar-refractivity contribution in [3.05, 3.63) is 34.4 Å². The Balaban J connectivity index is 2.74. The molecule has 2 aromatic rings. The van der Waals surface area contributed by atoms with E-state index >= 15 is 0 Å². The van der Waals surface area contributed by atoms with Crippen LogP contribution in [0.1, 0.15) is 19.0 Å². The van der Waals surface area contributed by atoms with Crippen molar-refractivity contribution in [2.75, 3.05) is 0 Å². The van der Waals surface area contributed by atoms with E-state index in [1.807, 2.05) is 6.07 Å². The third-order valence-corrected chi connectivity index (χ3v) is 2.57. The standard InChI is InChI=1S/C11H10BrFN2/c1-2-4-9-7-5-3-6-8(13)10(7)15-11(12)14-9/h3,5-6H,2,4H2,1H3. The minimum atomic E-state index is -0.298. The highest BCUT2D eigenvalue weighted by atomic mass is 79.9. The van der Waals surface area contributed by atoms with Crippen molar-refractivity contribution < 1.29 is 4.39 Å². The van der Waals surface area contributed by atoms with Crippen molar-refractivity contribution in [2.45, 2.75) is 19.8 Å². The fourth-order valence-electron chi connectivity index (χ4n) is 1.58. The summed E-state index contributed by atoms with van der Waals surface area (Å²) in [6, 6.07) is 4.96. The first kappa shape index (κ1) is 10.5. The van der Waals surface area contributed by atoms with Gasteiger partial charge in [-0.15, -0.1) is 0 Å². The minimum absolute atomic E-state index is 0.298. The van der Waals surface area contributed by atoms with Gasteiger partial charge in [-0.1, -0.05) is 25.5 Å². The molecule has 0 saturated heterocycles. The Bertz CT molecular complexity index is 499. The van der Waals surface area contributed by atoms with Gasteiger partial charge in [0.25, 0.3) is 0 Å². The Morgan fingerprint density at radius 2 is 2.13 bits per heavy atom. The maximum atomic E-state index is 13.5. The van der Waals surface area contributed by atoms with Crippen molar-refractivity contribution in [1.29, 1.82) is 0 Å². The van der Waals surface area contributed by atoms with Crippen LogP contribution in [-0.4, -0.2) is 9.97 Å². The quantitative estimate of drug-likeness (QED) is 0.780. The van der Waals surface area contributed by atoms with Gasteiger partial charge < -0.3 is 0 Å². The van der Waals surface area contributed by atoms with Crippen LogP contribution in [0, 0.1) is 5.82 Å². The molecule has 0 atom stereocenters. The molecular weight excluding hydrogens is 259 g/mol. The van der Waals surface area contributed by atoms with Crippen LogP contribution >= 0.6 is 15.9 Å². The molecule has 0 aliphatic carbocycles. The van der Waals surface area contributed by atoms with E-state index in [1.165, 1.54) is 6.07 Å². The molecule has 0 bridgehead atoms. The summed E-state index contributed by atoms with van der Waals surface area (Å²) in [5, 5.41) is 0.806. The first-order valence-corrected chi connectivity index (χ1v) is 5.62. The summed E-state index contributed by atoms with van der Waals surface area (Å²) in [5.74, 6) is -0.298. The maximum absolute atomic E-state index is 13.5. The highest BCUT2D eigenvalue weighted by Gasteiger charge is 2.08. The minimum Gasteiger partial charge on any atom is -0.227 e. The van der Waals surface area contributed by atoms with E-state index in [1.54, 1.807) is 6.07 Å². The number of hydrogen-bond acceptors (Lipinski definition) is 2. The molecule has 15 heavy (non-hydrogen) atoms. The lowest BCUT2D eigenvalue weighted by Gasteiger charge is -2.05. The van der Waals surface area contributed by atoms with Crippen molar-refractivity contribution >= 4 is 26.8 Å². The summed E-state index contributed by atoms with van der Waals surface area (Å²) >= 11 is 3.20. The third-order valence-electron chi connectivity index (χ3n) is 2.22. The second-order valence-electron chi connectivity index (χ2n) is 3.33. The first-order valence-electron chi connectivity index (χ1n) is 4.83. The monoisotopic (exact) mass is 268 g/mol. The van der Waals surface area contributed by atoms with Gasteiger partial charge in [-0.05, 0) is 28.4 Å². The van der Waals surface area contributed by atoms with E-state index in [4.69, 9.17) is 0 Å². The summed E-state index contributed by atoms with van der Waals surface area (Å²) in [6.45, 7) is 2.07. The van der Waals surface area contributed by atoms with Crippen LogP contribution in [0.2, 0.25) is 0 Å². The normalized spacial score (nSPS) is 10.9. The van der Waals surface area contributed by atoms with Gasteiger partial charge in [-0.25, -0.2) is 14.4 Å². The van der Waals surface area contributed by atoms with Crippen LogP contribution in [0.15, 0.2) is 22.9 Å². The maximum Gasteiger partial charge on any atom is 0.197 e. The van der Waals surface area contributed by atoms with Crippen molar-refractivity contribution in [2.24, 2.45) is 0 Å². The molecule has 78 valence electrons. The second-order valence-corrected chi connectivity index (χ2v) is 4.03. The van der Waals surface area contributed by atoms with Crippen LogP contribution in [0.5, 0.6) is 0 Å². The Kier molecular flexibility index (Phi) is 2.95. The molecule has 1 heterocycles. The second kappa shape index (κ2) is 4.23. The van der Waals surface area contributed by atoms with Crippen LogP contribution in [-0.2, 0) is 6.42 Å². The molecular formula is C11H10BrFN2. The molecule has 4 heteroatoms. The van der Waals surface area contributed by atoms with Crippen LogP contribution in [0.3, 0.4) is 0 Å². The van der Waals surface area contributed by atoms with Crippen molar-refractivity contribution in [3.63, 3.8) is 0 Å². The first-order chi connectivity index (χ1) is 7.22. The highest BCUT2D eigenvalue weighted by Crippen LogP contribution is 2.21. The zero-order chi connectivity index (χ0) is 10.8. The highest BCUT2D eigenvalue weighted by molar-refractivity contribution is 9.10. The zero-order valence-electron chi connectivity index (χ0n) is 8.30. The molecule has 0 saturated carbocycles. The lowest BCUT2D eigenvalue weighted by atomic mass is 10.1. The number of aromatic nitrogens is 2. The fourth-order valence-corrected chi connectivity index (χ4v) is 1.97. The van der Waals surface area contributed by atoms with Crippen molar-refractivity contribution in [3.8, 4) is 0 Å². The smallest absolute Gasteiger partial charge is 0.197 e. The van der Waals surface area contributed by atoms with Gasteiger partial charge in [0.1, 0.15) is 11.3 Å². The van der Waals surface area contributed by atoms with E-state index in [0.29, 0.717) is 10.3 Å². The molecule has 0 fully saturated rings. The molecule has 0 unspecified atom stereocenters. The molecule has 0 N–H and O–H groups in total. The van der Waals surface area contributed by atoms with E-state index < -0.39 is 0 Å². The number of aryl methyl sites for hydroxylation is 1. The summed E-state index contributed by atoms with van der Waals surface area (Å²) in [6.07, 6.45) is 1.82. The molecule has 1 aromatic heterocycles. The summed E-state index contributed by atoms with van der Waals surface area (Å²) in [7, 11) is 0. The predicted octanol–water partition coefficient (Wildman–Crippen LogP) is 3.48. The molecule has 0 radical (unpaired) electrons. The van der Waals surface area contributed by atoms with Gasteiger partial charge in [0.2, 0.25) is 0 Å². The number of fused-ring (bicyclic) bond motifs is 1. The number of halogens is 2. The molecule has 0 aliphatic rings. The van der Waals surface area contributed by atoms with E-state index in [0.717, 1.165) is 23.9 Å². The van der Waals surface area contributed by atoms with Gasteiger partial charge in [-0.3, -0.25) is 0 Å². The largest absolute Gasteiger partial charge is 0.227 e. The van der Waals surface area contributed by atoms with E-state index in [-0.39, 0.29) is 5.82 Å². The number of benzene rings is 1. The van der Waals surface area contributed by atoms with Gasteiger partial charge in [0.15, 0.2) is 4.73 Å². The molecule has 2 nitrogen and oxygen atoms in total. The number of rotatable bonds is 2. The lowest BCUT2D eigenvalue weighted by Crippen LogP contribution is -1.96. The molecule has 1 aromatic carbocycles. The summed E-state index contributed by atoms with van der Waals surface area (Å²) in [4.78, 5) is 8.32.